The Hall–Kier alpha value is 0.217. The van der Waals surface area contributed by atoms with Crippen molar-refractivity contribution in [1.82, 2.24) is 0 Å². The summed E-state index contributed by atoms with van der Waals surface area (Å²) in [5.41, 5.74) is 0. The molecule has 1 fully saturated rings. The minimum absolute atomic E-state index is 0.301. The van der Waals surface area contributed by atoms with Gasteiger partial charge in [-0.25, -0.2) is 0 Å². The quantitative estimate of drug-likeness (QED) is 0.482. The maximum absolute atomic E-state index is 2.30. The molecule has 0 nitrogen and oxygen atoms in total. The first-order chi connectivity index (χ1) is 3.43. The molecule has 0 aliphatic carbocycles. The first kappa shape index (κ1) is 5.36. The van der Waals surface area contributed by atoms with Crippen LogP contribution in [0.3, 0.4) is 0 Å². The molecule has 1 aliphatic heterocycles. The lowest BCUT2D eigenvalue weighted by Crippen LogP contribution is -2.19. The van der Waals surface area contributed by atoms with E-state index in [0.717, 1.165) is 0 Å². The lowest BCUT2D eigenvalue weighted by Gasteiger charge is -2.22. The minimum atomic E-state index is 0.301. The predicted octanol–water partition coefficient (Wildman–Crippen LogP) is 2.29. The Morgan fingerprint density at radius 1 is 1.43 bits per heavy atom. The molecule has 1 saturated heterocycles. The molecule has 0 aromatic rings. The van der Waals surface area contributed by atoms with Crippen molar-refractivity contribution < 1.29 is 0 Å². The molecule has 0 amide bonds. The third-order valence-electron chi connectivity index (χ3n) is 1.66. The summed E-state index contributed by atoms with van der Waals surface area (Å²) in [6, 6.07) is 4.84. The second kappa shape index (κ2) is 2.51. The van der Waals surface area contributed by atoms with Gasteiger partial charge in [-0.1, -0.05) is 37.9 Å². The standard InChI is InChI=1S/C6H13Si/c1-2-4-7-5-3-6-7/h2-6H2,1H3. The first-order valence-corrected chi connectivity index (χ1v) is 5.39. The Morgan fingerprint density at radius 2 is 2.14 bits per heavy atom. The van der Waals surface area contributed by atoms with E-state index < -0.39 is 0 Å². The smallest absolute Gasteiger partial charge is 0.0478 e. The molecule has 0 bridgehead atoms. The second-order valence-corrected chi connectivity index (χ2v) is 5.35. The van der Waals surface area contributed by atoms with Crippen molar-refractivity contribution in [3.05, 3.63) is 0 Å². The zero-order valence-electron chi connectivity index (χ0n) is 5.04. The lowest BCUT2D eigenvalue weighted by molar-refractivity contribution is 0.894. The Labute approximate surface area is 47.5 Å². The maximum Gasteiger partial charge on any atom is 0.0478 e. The molecule has 0 spiro atoms. The molecule has 0 aromatic heterocycles. The molecule has 1 radical (unpaired) electrons. The predicted molar refractivity (Wildman–Crippen MR) is 35.1 cm³/mol. The molecule has 1 heteroatoms. The van der Waals surface area contributed by atoms with E-state index in [4.69, 9.17) is 0 Å². The third-order valence-corrected chi connectivity index (χ3v) is 4.99. The summed E-state index contributed by atoms with van der Waals surface area (Å²) in [4.78, 5) is 0. The minimum Gasteiger partial charge on any atom is -0.0657 e. The molecular formula is C6H13Si. The first-order valence-electron chi connectivity index (χ1n) is 3.27. The van der Waals surface area contributed by atoms with Crippen molar-refractivity contribution in [2.45, 2.75) is 37.9 Å². The van der Waals surface area contributed by atoms with Gasteiger partial charge in [0.05, 0.1) is 0 Å². The molecule has 1 heterocycles. The highest BCUT2D eigenvalue weighted by Gasteiger charge is 2.17. The van der Waals surface area contributed by atoms with Crippen molar-refractivity contribution in [3.8, 4) is 0 Å². The van der Waals surface area contributed by atoms with Crippen molar-refractivity contribution in [2.75, 3.05) is 0 Å². The van der Waals surface area contributed by atoms with Gasteiger partial charge in [-0.3, -0.25) is 0 Å². The zero-order valence-corrected chi connectivity index (χ0v) is 6.04. The third kappa shape index (κ3) is 1.30. The van der Waals surface area contributed by atoms with Crippen LogP contribution in [0.25, 0.3) is 0 Å². The molecule has 0 atom stereocenters. The van der Waals surface area contributed by atoms with Gasteiger partial charge < -0.3 is 0 Å². The van der Waals surface area contributed by atoms with Gasteiger partial charge in [-0.05, 0) is 0 Å². The van der Waals surface area contributed by atoms with E-state index in [1.54, 1.807) is 24.6 Å². The van der Waals surface area contributed by atoms with Crippen molar-refractivity contribution in [1.29, 1.82) is 0 Å². The van der Waals surface area contributed by atoms with Crippen LogP contribution in [0.1, 0.15) is 19.8 Å². The summed E-state index contributed by atoms with van der Waals surface area (Å²) in [6.07, 6.45) is 2.99. The van der Waals surface area contributed by atoms with Crippen molar-refractivity contribution in [3.63, 3.8) is 0 Å². The fourth-order valence-electron chi connectivity index (χ4n) is 1.03. The van der Waals surface area contributed by atoms with Gasteiger partial charge in [0.1, 0.15) is 0 Å². The molecule has 0 saturated carbocycles. The zero-order chi connectivity index (χ0) is 5.11. The van der Waals surface area contributed by atoms with E-state index in [-0.39, 0.29) is 0 Å². The van der Waals surface area contributed by atoms with Crippen LogP contribution in [0.5, 0.6) is 0 Å². The van der Waals surface area contributed by atoms with E-state index >= 15 is 0 Å². The van der Waals surface area contributed by atoms with Crippen LogP contribution in [0.2, 0.25) is 18.1 Å². The number of rotatable bonds is 2. The highest BCUT2D eigenvalue weighted by atomic mass is 28.3. The van der Waals surface area contributed by atoms with Gasteiger partial charge in [-0.15, -0.1) is 0 Å². The summed E-state index contributed by atoms with van der Waals surface area (Å²) < 4.78 is 0. The van der Waals surface area contributed by atoms with Gasteiger partial charge in [-0.2, -0.15) is 0 Å². The van der Waals surface area contributed by atoms with E-state index in [0.29, 0.717) is 8.80 Å². The number of hydrogen-bond acceptors (Lipinski definition) is 0. The Morgan fingerprint density at radius 3 is 2.29 bits per heavy atom. The largest absolute Gasteiger partial charge is 0.0657 e. The van der Waals surface area contributed by atoms with Crippen LogP contribution in [-0.2, 0) is 0 Å². The van der Waals surface area contributed by atoms with Gasteiger partial charge in [0.15, 0.2) is 0 Å². The van der Waals surface area contributed by atoms with E-state index in [2.05, 4.69) is 6.92 Å². The number of hydrogen-bond donors (Lipinski definition) is 0. The van der Waals surface area contributed by atoms with Crippen LogP contribution in [0, 0.1) is 0 Å². The SMILES string of the molecule is CCC[Si]1CCC1. The highest BCUT2D eigenvalue weighted by Crippen LogP contribution is 2.23. The Balaban J connectivity index is 1.93. The second-order valence-electron chi connectivity index (χ2n) is 2.35. The summed E-state index contributed by atoms with van der Waals surface area (Å²) in [6.45, 7) is 2.30. The molecule has 7 heavy (non-hydrogen) atoms. The summed E-state index contributed by atoms with van der Waals surface area (Å²) in [7, 11) is 0.301. The monoisotopic (exact) mass is 113 g/mol. The van der Waals surface area contributed by atoms with Crippen LogP contribution < -0.4 is 0 Å². The molecular weight excluding hydrogens is 100 g/mol. The molecule has 41 valence electrons. The van der Waals surface area contributed by atoms with Crippen LogP contribution in [0.4, 0.5) is 0 Å². The molecule has 0 N–H and O–H groups in total. The van der Waals surface area contributed by atoms with Crippen LogP contribution in [-0.4, -0.2) is 8.80 Å². The van der Waals surface area contributed by atoms with Gasteiger partial charge >= 0.3 is 0 Å². The molecule has 0 aromatic carbocycles. The van der Waals surface area contributed by atoms with Crippen LogP contribution in [0.15, 0.2) is 0 Å². The lowest BCUT2D eigenvalue weighted by atomic mass is 10.5. The normalized spacial score (nSPS) is 21.9. The topological polar surface area (TPSA) is 0 Å². The molecule has 1 aliphatic rings. The average Bonchev–Trinajstić information content (AvgIpc) is 1.55. The van der Waals surface area contributed by atoms with Gasteiger partial charge in [0.25, 0.3) is 0 Å². The summed E-state index contributed by atoms with van der Waals surface area (Å²) >= 11 is 0. The van der Waals surface area contributed by atoms with Gasteiger partial charge in [0.2, 0.25) is 0 Å². The van der Waals surface area contributed by atoms with Crippen molar-refractivity contribution >= 4 is 8.80 Å². The Bertz CT molecular complexity index is 48.1. The van der Waals surface area contributed by atoms with Crippen molar-refractivity contribution in [2.24, 2.45) is 0 Å². The fourth-order valence-corrected chi connectivity index (χ4v) is 3.09. The van der Waals surface area contributed by atoms with E-state index in [1.165, 1.54) is 6.42 Å². The van der Waals surface area contributed by atoms with Crippen LogP contribution >= 0.6 is 0 Å². The molecule has 0 unspecified atom stereocenters. The maximum atomic E-state index is 2.30. The van der Waals surface area contributed by atoms with E-state index in [9.17, 15) is 0 Å². The summed E-state index contributed by atoms with van der Waals surface area (Å²) in [5, 5.41) is 0. The Kier molecular flexibility index (Phi) is 1.92. The summed E-state index contributed by atoms with van der Waals surface area (Å²) in [5.74, 6) is 0. The fraction of sp³-hybridized carbons (Fsp3) is 1.00. The molecule has 1 rings (SSSR count). The highest BCUT2D eigenvalue weighted by molar-refractivity contribution is 6.61. The average molecular weight is 113 g/mol. The van der Waals surface area contributed by atoms with Gasteiger partial charge in [0, 0.05) is 8.80 Å². The van der Waals surface area contributed by atoms with E-state index in [1.807, 2.05) is 0 Å².